The largest absolute Gasteiger partial charge is 0.342 e. The van der Waals surface area contributed by atoms with Crippen LogP contribution < -0.4 is 4.31 Å². The van der Waals surface area contributed by atoms with Crippen LogP contribution in [0.25, 0.3) is 11.3 Å². The minimum Gasteiger partial charge on any atom is -0.342 e. The molecule has 27 heavy (non-hydrogen) atoms. The molecular weight excluding hydrogens is 382 g/mol. The van der Waals surface area contributed by atoms with Gasteiger partial charge in [0.1, 0.15) is 0 Å². The number of sulfonamides is 1. The van der Waals surface area contributed by atoms with Gasteiger partial charge < -0.3 is 4.90 Å². The van der Waals surface area contributed by atoms with Crippen molar-refractivity contribution >= 4 is 33.0 Å². The smallest absolute Gasteiger partial charge is 0.232 e. The second-order valence-corrected chi connectivity index (χ2v) is 10.1. The van der Waals surface area contributed by atoms with Gasteiger partial charge in [-0.2, -0.15) is 0 Å². The SMILES string of the molecule is CC1Cc2cc(-c3csc(CCN4CCCC4=O)n3)ccc2N1S(C)(=O)=O. The predicted molar refractivity (Wildman–Crippen MR) is 108 cm³/mol. The lowest BCUT2D eigenvalue weighted by Crippen LogP contribution is -2.34. The molecule has 1 aromatic heterocycles. The zero-order chi connectivity index (χ0) is 19.2. The summed E-state index contributed by atoms with van der Waals surface area (Å²) in [6.45, 7) is 3.52. The Bertz CT molecular complexity index is 984. The van der Waals surface area contributed by atoms with E-state index in [1.807, 2.05) is 29.3 Å². The third-order valence-electron chi connectivity index (χ3n) is 5.20. The summed E-state index contributed by atoms with van der Waals surface area (Å²) >= 11 is 1.61. The van der Waals surface area contributed by atoms with Gasteiger partial charge >= 0.3 is 0 Å². The molecule has 0 spiro atoms. The Morgan fingerprint density at radius 2 is 2.15 bits per heavy atom. The summed E-state index contributed by atoms with van der Waals surface area (Å²) in [4.78, 5) is 18.4. The topological polar surface area (TPSA) is 70.6 Å². The lowest BCUT2D eigenvalue weighted by Gasteiger charge is -2.21. The van der Waals surface area contributed by atoms with E-state index in [1.165, 1.54) is 10.6 Å². The number of rotatable bonds is 5. The first-order chi connectivity index (χ1) is 12.8. The standard InChI is InChI=1S/C19H23N3O3S2/c1-13-10-15-11-14(5-6-17(15)22(13)27(2,24)25)16-12-26-18(20-16)7-9-21-8-3-4-19(21)23/h5-6,11-13H,3-4,7-10H2,1-2H3. The van der Waals surface area contributed by atoms with Crippen LogP contribution in [-0.4, -0.2) is 49.6 Å². The highest BCUT2D eigenvalue weighted by Gasteiger charge is 2.32. The molecule has 1 amide bonds. The van der Waals surface area contributed by atoms with Gasteiger partial charge in [0.25, 0.3) is 0 Å². The maximum atomic E-state index is 12.1. The first kappa shape index (κ1) is 18.4. The zero-order valence-corrected chi connectivity index (χ0v) is 17.1. The van der Waals surface area contributed by atoms with Crippen molar-refractivity contribution in [3.63, 3.8) is 0 Å². The van der Waals surface area contributed by atoms with E-state index in [1.54, 1.807) is 11.3 Å². The second-order valence-electron chi connectivity index (χ2n) is 7.32. The molecule has 0 radical (unpaired) electrons. The monoisotopic (exact) mass is 405 g/mol. The van der Waals surface area contributed by atoms with Gasteiger partial charge in [-0.3, -0.25) is 9.10 Å². The van der Waals surface area contributed by atoms with Crippen molar-refractivity contribution < 1.29 is 13.2 Å². The van der Waals surface area contributed by atoms with Crippen molar-refractivity contribution in [2.75, 3.05) is 23.7 Å². The van der Waals surface area contributed by atoms with Gasteiger partial charge in [0.05, 0.1) is 22.6 Å². The average molecular weight is 406 g/mol. The van der Waals surface area contributed by atoms with E-state index in [0.29, 0.717) is 12.8 Å². The van der Waals surface area contributed by atoms with Crippen molar-refractivity contribution in [1.82, 2.24) is 9.88 Å². The molecule has 4 rings (SSSR count). The van der Waals surface area contributed by atoms with E-state index < -0.39 is 10.0 Å². The van der Waals surface area contributed by atoms with Gasteiger partial charge in [-0.1, -0.05) is 6.07 Å². The molecule has 1 unspecified atom stereocenters. The molecule has 3 heterocycles. The average Bonchev–Trinajstić information content (AvgIpc) is 3.29. The fraction of sp³-hybridized carbons (Fsp3) is 0.474. The van der Waals surface area contributed by atoms with E-state index in [-0.39, 0.29) is 11.9 Å². The van der Waals surface area contributed by atoms with Gasteiger partial charge in [0.15, 0.2) is 0 Å². The van der Waals surface area contributed by atoms with Crippen molar-refractivity contribution in [3.05, 3.63) is 34.2 Å². The van der Waals surface area contributed by atoms with E-state index >= 15 is 0 Å². The highest BCUT2D eigenvalue weighted by molar-refractivity contribution is 7.92. The predicted octanol–water partition coefficient (Wildman–Crippen LogP) is 2.69. The Kier molecular flexibility index (Phi) is 4.71. The van der Waals surface area contributed by atoms with Crippen LogP contribution in [0.2, 0.25) is 0 Å². The van der Waals surface area contributed by atoms with Crippen LogP contribution in [0, 0.1) is 0 Å². The van der Waals surface area contributed by atoms with Gasteiger partial charge in [-0.15, -0.1) is 11.3 Å². The number of aromatic nitrogens is 1. The zero-order valence-electron chi connectivity index (χ0n) is 15.5. The van der Waals surface area contributed by atoms with Gasteiger partial charge in [-0.25, -0.2) is 13.4 Å². The second kappa shape index (κ2) is 6.91. The number of fused-ring (bicyclic) bond motifs is 1. The van der Waals surface area contributed by atoms with Crippen LogP contribution in [0.15, 0.2) is 23.6 Å². The molecule has 1 atom stereocenters. The molecule has 1 aromatic carbocycles. The summed E-state index contributed by atoms with van der Waals surface area (Å²) in [6.07, 6.45) is 4.37. The first-order valence-electron chi connectivity index (χ1n) is 9.18. The molecule has 0 bridgehead atoms. The molecule has 0 aliphatic carbocycles. The Morgan fingerprint density at radius 1 is 1.33 bits per heavy atom. The lowest BCUT2D eigenvalue weighted by molar-refractivity contribution is -0.127. The number of amides is 1. The quantitative estimate of drug-likeness (QED) is 0.767. The molecule has 2 aliphatic rings. The fourth-order valence-corrected chi connectivity index (χ4v) is 6.06. The minimum atomic E-state index is -3.27. The maximum absolute atomic E-state index is 12.1. The summed E-state index contributed by atoms with van der Waals surface area (Å²) < 4.78 is 25.6. The third-order valence-corrected chi connectivity index (χ3v) is 7.38. The molecule has 2 aliphatic heterocycles. The number of benzene rings is 1. The van der Waals surface area contributed by atoms with Crippen LogP contribution in [-0.2, 0) is 27.7 Å². The Balaban J connectivity index is 1.51. The van der Waals surface area contributed by atoms with Crippen molar-refractivity contribution in [3.8, 4) is 11.3 Å². The fourth-order valence-electron chi connectivity index (χ4n) is 4.00. The Morgan fingerprint density at radius 3 is 2.85 bits per heavy atom. The Hall–Kier alpha value is -1.93. The van der Waals surface area contributed by atoms with E-state index in [0.717, 1.165) is 53.4 Å². The van der Waals surface area contributed by atoms with Gasteiger partial charge in [0, 0.05) is 42.9 Å². The molecule has 6 nitrogen and oxygen atoms in total. The van der Waals surface area contributed by atoms with Crippen LogP contribution >= 0.6 is 11.3 Å². The number of likely N-dealkylation sites (tertiary alicyclic amines) is 1. The molecular formula is C19H23N3O3S2. The van der Waals surface area contributed by atoms with Crippen LogP contribution in [0.5, 0.6) is 0 Å². The van der Waals surface area contributed by atoms with E-state index in [9.17, 15) is 13.2 Å². The van der Waals surface area contributed by atoms with Crippen LogP contribution in [0.4, 0.5) is 5.69 Å². The van der Waals surface area contributed by atoms with Crippen LogP contribution in [0.3, 0.4) is 0 Å². The number of thiazole rings is 1. The summed E-state index contributed by atoms with van der Waals surface area (Å²) in [7, 11) is -3.27. The third kappa shape index (κ3) is 3.60. The Labute approximate surface area is 163 Å². The number of nitrogens with zero attached hydrogens (tertiary/aromatic N) is 3. The van der Waals surface area contributed by atoms with Crippen molar-refractivity contribution in [2.24, 2.45) is 0 Å². The number of carbonyl (C=O) groups excluding carboxylic acids is 1. The maximum Gasteiger partial charge on any atom is 0.232 e. The number of anilines is 1. The minimum absolute atomic E-state index is 0.0609. The van der Waals surface area contributed by atoms with E-state index in [2.05, 4.69) is 6.07 Å². The molecule has 0 N–H and O–H groups in total. The lowest BCUT2D eigenvalue weighted by atomic mass is 10.1. The summed E-state index contributed by atoms with van der Waals surface area (Å²) in [5, 5.41) is 3.06. The van der Waals surface area contributed by atoms with Crippen LogP contribution in [0.1, 0.15) is 30.3 Å². The highest BCUT2D eigenvalue weighted by Crippen LogP contribution is 2.37. The van der Waals surface area contributed by atoms with E-state index in [4.69, 9.17) is 4.98 Å². The number of carbonyl (C=O) groups is 1. The molecule has 1 saturated heterocycles. The van der Waals surface area contributed by atoms with Gasteiger partial charge in [-0.05, 0) is 37.5 Å². The molecule has 2 aromatic rings. The summed E-state index contributed by atoms with van der Waals surface area (Å²) in [6, 6.07) is 5.82. The summed E-state index contributed by atoms with van der Waals surface area (Å²) in [5.74, 6) is 0.245. The normalized spacial score (nSPS) is 19.8. The highest BCUT2D eigenvalue weighted by atomic mass is 32.2. The van der Waals surface area contributed by atoms with Crippen molar-refractivity contribution in [1.29, 1.82) is 0 Å². The molecule has 1 fully saturated rings. The van der Waals surface area contributed by atoms with Crippen molar-refractivity contribution in [2.45, 2.75) is 38.6 Å². The molecule has 8 heteroatoms. The molecule has 144 valence electrons. The van der Waals surface area contributed by atoms with Gasteiger partial charge in [0.2, 0.25) is 15.9 Å². The molecule has 0 saturated carbocycles. The first-order valence-corrected chi connectivity index (χ1v) is 11.9. The number of hydrogen-bond donors (Lipinski definition) is 0. The number of hydrogen-bond acceptors (Lipinski definition) is 5. The summed E-state index contributed by atoms with van der Waals surface area (Å²) in [5.41, 5.74) is 3.74.